The highest BCUT2D eigenvalue weighted by Crippen LogP contribution is 2.61. The normalized spacial score (nSPS) is 39.3. The standard InChI is InChI=1S/C22H32O/c1-4-17-14(2)5-7-19-18(17)9-10-21-20(19)8-6-15-13-16(23)11-12-22(15,21)3/h5,7,15-16,20-21,23H,4,6,8-13H2,1-3H3/t15-,16-,20-,21+,22-/m0/s1. The molecule has 1 nitrogen and oxygen atoms in total. The number of aliphatic hydroxyl groups excluding tert-OH is 1. The van der Waals surface area contributed by atoms with Crippen molar-refractivity contribution in [2.24, 2.45) is 17.3 Å². The molecule has 0 saturated heterocycles. The highest BCUT2D eigenvalue weighted by atomic mass is 16.3. The van der Waals surface area contributed by atoms with Crippen molar-refractivity contribution in [2.75, 3.05) is 0 Å². The highest BCUT2D eigenvalue weighted by Gasteiger charge is 2.51. The van der Waals surface area contributed by atoms with Crippen LogP contribution in [0.4, 0.5) is 0 Å². The van der Waals surface area contributed by atoms with Crippen LogP contribution in [0.1, 0.15) is 80.5 Å². The summed E-state index contributed by atoms with van der Waals surface area (Å²) >= 11 is 0. The molecular weight excluding hydrogens is 280 g/mol. The fourth-order valence-electron chi connectivity index (χ4n) is 6.54. The fourth-order valence-corrected chi connectivity index (χ4v) is 6.54. The van der Waals surface area contributed by atoms with Crippen molar-refractivity contribution < 1.29 is 5.11 Å². The third-order valence-corrected chi connectivity index (χ3v) is 7.82. The maximum Gasteiger partial charge on any atom is 0.0543 e. The zero-order valence-corrected chi connectivity index (χ0v) is 15.1. The van der Waals surface area contributed by atoms with Crippen LogP contribution in [0.25, 0.3) is 0 Å². The number of fused-ring (bicyclic) bond motifs is 5. The monoisotopic (exact) mass is 312 g/mol. The Morgan fingerprint density at radius 3 is 2.78 bits per heavy atom. The molecule has 2 saturated carbocycles. The smallest absolute Gasteiger partial charge is 0.0543 e. The number of hydrogen-bond acceptors (Lipinski definition) is 1. The molecule has 1 aromatic carbocycles. The lowest BCUT2D eigenvalue weighted by molar-refractivity contribution is -0.0606. The van der Waals surface area contributed by atoms with Crippen LogP contribution < -0.4 is 0 Å². The number of aliphatic hydroxyl groups is 1. The number of benzene rings is 1. The summed E-state index contributed by atoms with van der Waals surface area (Å²) in [5.41, 5.74) is 6.98. The molecule has 3 aliphatic carbocycles. The van der Waals surface area contributed by atoms with Gasteiger partial charge in [0.05, 0.1) is 6.10 Å². The Bertz CT molecular complexity index is 604. The summed E-state index contributed by atoms with van der Waals surface area (Å²) in [5, 5.41) is 10.1. The molecule has 1 N–H and O–H groups in total. The van der Waals surface area contributed by atoms with Crippen LogP contribution in [-0.4, -0.2) is 11.2 Å². The van der Waals surface area contributed by atoms with Gasteiger partial charge in [-0.3, -0.25) is 0 Å². The predicted octanol–water partition coefficient (Wildman–Crippen LogP) is 5.16. The fraction of sp³-hybridized carbons (Fsp3) is 0.727. The van der Waals surface area contributed by atoms with Gasteiger partial charge >= 0.3 is 0 Å². The van der Waals surface area contributed by atoms with Crippen molar-refractivity contribution in [1.29, 1.82) is 0 Å². The van der Waals surface area contributed by atoms with Gasteiger partial charge in [0, 0.05) is 0 Å². The van der Waals surface area contributed by atoms with Crippen LogP contribution >= 0.6 is 0 Å². The summed E-state index contributed by atoms with van der Waals surface area (Å²) in [6, 6.07) is 4.83. The Morgan fingerprint density at radius 2 is 2.00 bits per heavy atom. The molecule has 3 aliphatic rings. The number of hydrogen-bond donors (Lipinski definition) is 1. The summed E-state index contributed by atoms with van der Waals surface area (Å²) in [5.74, 6) is 2.37. The van der Waals surface area contributed by atoms with E-state index in [9.17, 15) is 5.11 Å². The Kier molecular flexibility index (Phi) is 3.83. The zero-order valence-electron chi connectivity index (χ0n) is 15.1. The van der Waals surface area contributed by atoms with Crippen LogP contribution in [0.2, 0.25) is 0 Å². The topological polar surface area (TPSA) is 20.2 Å². The molecule has 0 spiro atoms. The van der Waals surface area contributed by atoms with Crippen molar-refractivity contribution in [3.05, 3.63) is 34.4 Å². The summed E-state index contributed by atoms with van der Waals surface area (Å²) in [6.07, 6.45) is 9.79. The van der Waals surface area contributed by atoms with Gasteiger partial charge in [0.1, 0.15) is 0 Å². The molecule has 23 heavy (non-hydrogen) atoms. The molecular formula is C22H32O. The Labute approximate surface area is 141 Å². The molecule has 0 bridgehead atoms. The molecule has 5 atom stereocenters. The van der Waals surface area contributed by atoms with E-state index in [2.05, 4.69) is 32.9 Å². The Balaban J connectivity index is 1.72. The largest absolute Gasteiger partial charge is 0.393 e. The molecule has 2 fully saturated rings. The van der Waals surface area contributed by atoms with E-state index in [1.807, 2.05) is 0 Å². The van der Waals surface area contributed by atoms with Gasteiger partial charge in [0.15, 0.2) is 0 Å². The van der Waals surface area contributed by atoms with Gasteiger partial charge < -0.3 is 5.11 Å². The molecule has 4 rings (SSSR count). The molecule has 0 heterocycles. The second-order valence-electron chi connectivity index (χ2n) is 8.74. The van der Waals surface area contributed by atoms with Gasteiger partial charge in [-0.25, -0.2) is 0 Å². The quantitative estimate of drug-likeness (QED) is 0.759. The lowest BCUT2D eigenvalue weighted by Gasteiger charge is -2.56. The van der Waals surface area contributed by atoms with Crippen molar-refractivity contribution in [3.8, 4) is 0 Å². The van der Waals surface area contributed by atoms with E-state index in [1.165, 1.54) is 44.1 Å². The van der Waals surface area contributed by atoms with Gasteiger partial charge in [0.2, 0.25) is 0 Å². The van der Waals surface area contributed by atoms with E-state index >= 15 is 0 Å². The minimum atomic E-state index is -0.0326. The van der Waals surface area contributed by atoms with Gasteiger partial charge in [-0.1, -0.05) is 26.0 Å². The SMILES string of the molecule is CCc1c(C)ccc2c1CC[C@@H]1[C@H]2CC[C@H]2C[C@@H](O)CC[C@@]21C. The molecule has 0 radical (unpaired) electrons. The number of rotatable bonds is 1. The summed E-state index contributed by atoms with van der Waals surface area (Å²) in [6.45, 7) is 7.15. The van der Waals surface area contributed by atoms with E-state index in [0.717, 1.165) is 30.6 Å². The molecule has 1 aromatic rings. The van der Waals surface area contributed by atoms with Gasteiger partial charge in [-0.05, 0) is 104 Å². The van der Waals surface area contributed by atoms with Crippen molar-refractivity contribution in [2.45, 2.75) is 84.2 Å². The zero-order chi connectivity index (χ0) is 16.2. The average molecular weight is 312 g/mol. The lowest BCUT2D eigenvalue weighted by Crippen LogP contribution is -2.48. The van der Waals surface area contributed by atoms with Gasteiger partial charge in [-0.2, -0.15) is 0 Å². The van der Waals surface area contributed by atoms with E-state index in [-0.39, 0.29) is 6.10 Å². The Morgan fingerprint density at radius 1 is 1.17 bits per heavy atom. The summed E-state index contributed by atoms with van der Waals surface area (Å²) in [7, 11) is 0. The van der Waals surface area contributed by atoms with Crippen LogP contribution in [0, 0.1) is 24.2 Å². The maximum atomic E-state index is 10.1. The lowest BCUT2D eigenvalue weighted by atomic mass is 9.49. The second kappa shape index (κ2) is 5.62. The average Bonchev–Trinajstić information content (AvgIpc) is 2.55. The molecule has 1 heteroatoms. The molecule has 0 aromatic heterocycles. The first-order valence-corrected chi connectivity index (χ1v) is 9.84. The van der Waals surface area contributed by atoms with Crippen molar-refractivity contribution in [3.63, 3.8) is 0 Å². The Hall–Kier alpha value is -0.820. The maximum absolute atomic E-state index is 10.1. The third-order valence-electron chi connectivity index (χ3n) is 7.82. The van der Waals surface area contributed by atoms with E-state index in [4.69, 9.17) is 0 Å². The minimum absolute atomic E-state index is 0.0326. The first-order valence-electron chi connectivity index (χ1n) is 9.84. The molecule has 0 aliphatic heterocycles. The van der Waals surface area contributed by atoms with Gasteiger partial charge in [-0.15, -0.1) is 0 Å². The van der Waals surface area contributed by atoms with Crippen LogP contribution in [0.3, 0.4) is 0 Å². The van der Waals surface area contributed by atoms with Crippen LogP contribution in [0.5, 0.6) is 0 Å². The molecule has 0 amide bonds. The minimum Gasteiger partial charge on any atom is -0.393 e. The van der Waals surface area contributed by atoms with Crippen LogP contribution in [-0.2, 0) is 12.8 Å². The first-order chi connectivity index (χ1) is 11.0. The van der Waals surface area contributed by atoms with E-state index in [0.29, 0.717) is 5.41 Å². The first kappa shape index (κ1) is 15.7. The summed E-state index contributed by atoms with van der Waals surface area (Å²) in [4.78, 5) is 0. The molecule has 0 unspecified atom stereocenters. The van der Waals surface area contributed by atoms with Gasteiger partial charge in [0.25, 0.3) is 0 Å². The van der Waals surface area contributed by atoms with Crippen molar-refractivity contribution >= 4 is 0 Å². The van der Waals surface area contributed by atoms with Crippen LogP contribution in [0.15, 0.2) is 12.1 Å². The third kappa shape index (κ3) is 2.30. The highest BCUT2D eigenvalue weighted by molar-refractivity contribution is 5.45. The molecule has 126 valence electrons. The number of aryl methyl sites for hydroxylation is 1. The van der Waals surface area contributed by atoms with Crippen molar-refractivity contribution in [1.82, 2.24) is 0 Å². The summed E-state index contributed by atoms with van der Waals surface area (Å²) < 4.78 is 0. The van der Waals surface area contributed by atoms with E-state index in [1.54, 1.807) is 16.7 Å². The predicted molar refractivity (Wildman–Crippen MR) is 95.8 cm³/mol. The van der Waals surface area contributed by atoms with E-state index < -0.39 is 0 Å². The second-order valence-corrected chi connectivity index (χ2v) is 8.74.